The first-order valence-corrected chi connectivity index (χ1v) is 10.6. The van der Waals surface area contributed by atoms with Crippen LogP contribution in [-0.4, -0.2) is 34.5 Å². The number of rotatable bonds is 9. The molecule has 30 heavy (non-hydrogen) atoms. The Balaban J connectivity index is 1.28. The third-order valence-corrected chi connectivity index (χ3v) is 5.66. The second-order valence-corrected chi connectivity index (χ2v) is 7.75. The maximum Gasteiger partial charge on any atom is 0.350 e. The number of hydrogen-bond donors (Lipinski definition) is 2. The highest BCUT2D eigenvalue weighted by Gasteiger charge is 2.17. The van der Waals surface area contributed by atoms with Gasteiger partial charge in [-0.15, -0.1) is 0 Å². The maximum atomic E-state index is 12.7. The third-order valence-electron chi connectivity index (χ3n) is 5.66. The summed E-state index contributed by atoms with van der Waals surface area (Å²) in [7, 11) is 1.66. The Labute approximate surface area is 176 Å². The highest BCUT2D eigenvalue weighted by atomic mass is 16.5. The molecule has 2 N–H and O–H groups in total. The van der Waals surface area contributed by atoms with Crippen molar-refractivity contribution in [2.45, 2.75) is 32.2 Å². The fourth-order valence-electron chi connectivity index (χ4n) is 3.94. The number of aromatic nitrogens is 3. The molecular formula is C23H29N5O2. The Morgan fingerprint density at radius 1 is 0.967 bits per heavy atom. The normalized spacial score (nSPS) is 14.0. The van der Waals surface area contributed by atoms with Gasteiger partial charge in [-0.05, 0) is 67.3 Å². The monoisotopic (exact) mass is 407 g/mol. The summed E-state index contributed by atoms with van der Waals surface area (Å²) in [5, 5.41) is 11.1. The lowest BCUT2D eigenvalue weighted by Crippen LogP contribution is -2.26. The molecule has 0 unspecified atom stereocenters. The lowest BCUT2D eigenvalue weighted by Gasteiger charge is -2.10. The van der Waals surface area contributed by atoms with Crippen molar-refractivity contribution < 1.29 is 4.74 Å². The van der Waals surface area contributed by atoms with E-state index in [2.05, 4.69) is 15.7 Å². The molecule has 3 aromatic rings. The molecule has 1 saturated carbocycles. The molecular weight excluding hydrogens is 378 g/mol. The molecule has 0 radical (unpaired) electrons. The Morgan fingerprint density at radius 2 is 1.57 bits per heavy atom. The minimum atomic E-state index is -0.0636. The molecule has 4 rings (SSSR count). The Hall–Kier alpha value is -3.22. The first-order chi connectivity index (χ1) is 14.7. The zero-order valence-electron chi connectivity index (χ0n) is 17.4. The van der Waals surface area contributed by atoms with Crippen molar-refractivity contribution in [1.82, 2.24) is 14.3 Å². The summed E-state index contributed by atoms with van der Waals surface area (Å²) in [6.07, 6.45) is 6.56. The van der Waals surface area contributed by atoms with Crippen molar-refractivity contribution in [3.05, 3.63) is 65.3 Å². The zero-order valence-corrected chi connectivity index (χ0v) is 17.4. The van der Waals surface area contributed by atoms with Gasteiger partial charge < -0.3 is 15.4 Å². The predicted molar refractivity (Wildman–Crippen MR) is 120 cm³/mol. The summed E-state index contributed by atoms with van der Waals surface area (Å²) in [4.78, 5) is 12.7. The van der Waals surface area contributed by atoms with Crippen LogP contribution >= 0.6 is 0 Å². The van der Waals surface area contributed by atoms with Crippen molar-refractivity contribution >= 4 is 11.4 Å². The molecule has 7 heteroatoms. The van der Waals surface area contributed by atoms with Gasteiger partial charge in [0.25, 0.3) is 0 Å². The minimum Gasteiger partial charge on any atom is -0.497 e. The lowest BCUT2D eigenvalue weighted by atomic mass is 10.1. The van der Waals surface area contributed by atoms with Crippen LogP contribution in [0.1, 0.15) is 25.7 Å². The number of ether oxygens (including phenoxy) is 1. The molecule has 0 saturated heterocycles. The molecule has 0 aliphatic heterocycles. The molecule has 1 aliphatic rings. The number of nitrogens with zero attached hydrogens (tertiary/aromatic N) is 3. The molecule has 0 amide bonds. The highest BCUT2D eigenvalue weighted by Crippen LogP contribution is 2.25. The summed E-state index contributed by atoms with van der Waals surface area (Å²) in [6, 6.07) is 15.7. The molecule has 1 aliphatic carbocycles. The van der Waals surface area contributed by atoms with Crippen LogP contribution in [0.3, 0.4) is 0 Å². The van der Waals surface area contributed by atoms with Gasteiger partial charge in [-0.1, -0.05) is 12.8 Å². The summed E-state index contributed by atoms with van der Waals surface area (Å²) < 4.78 is 8.38. The van der Waals surface area contributed by atoms with E-state index in [0.29, 0.717) is 5.92 Å². The summed E-state index contributed by atoms with van der Waals surface area (Å²) in [6.45, 7) is 2.30. The average molecular weight is 408 g/mol. The van der Waals surface area contributed by atoms with Crippen molar-refractivity contribution in [3.8, 4) is 11.4 Å². The van der Waals surface area contributed by atoms with E-state index < -0.39 is 0 Å². The second kappa shape index (κ2) is 9.52. The van der Waals surface area contributed by atoms with Gasteiger partial charge in [0.15, 0.2) is 0 Å². The Bertz CT molecular complexity index is 986. The van der Waals surface area contributed by atoms with E-state index in [1.165, 1.54) is 25.7 Å². The number of benzene rings is 2. The van der Waals surface area contributed by atoms with E-state index in [-0.39, 0.29) is 5.69 Å². The van der Waals surface area contributed by atoms with E-state index in [1.807, 2.05) is 48.5 Å². The molecule has 0 spiro atoms. The molecule has 2 aromatic carbocycles. The molecule has 1 fully saturated rings. The van der Waals surface area contributed by atoms with Crippen LogP contribution in [0, 0.1) is 5.92 Å². The average Bonchev–Trinajstić information content (AvgIpc) is 3.43. The van der Waals surface area contributed by atoms with Crippen LogP contribution in [0.5, 0.6) is 5.75 Å². The molecule has 1 aromatic heterocycles. The number of anilines is 2. The van der Waals surface area contributed by atoms with Crippen LogP contribution < -0.4 is 21.1 Å². The van der Waals surface area contributed by atoms with E-state index in [0.717, 1.165) is 42.4 Å². The minimum absolute atomic E-state index is 0.0636. The topological polar surface area (TPSA) is 73.1 Å². The van der Waals surface area contributed by atoms with Gasteiger partial charge in [0.2, 0.25) is 0 Å². The quantitative estimate of drug-likeness (QED) is 0.529. The SMILES string of the molecule is COc1ccc(NCCNc2ccc(-n3cnn(CC4CCCC4)c3=O)cc2)cc1. The number of methoxy groups -OCH3 is 1. The van der Waals surface area contributed by atoms with Gasteiger partial charge in [-0.2, -0.15) is 5.10 Å². The van der Waals surface area contributed by atoms with Crippen LogP contribution in [-0.2, 0) is 6.54 Å². The molecule has 7 nitrogen and oxygen atoms in total. The highest BCUT2D eigenvalue weighted by molar-refractivity contribution is 5.49. The van der Waals surface area contributed by atoms with Crippen LogP contribution in [0.4, 0.5) is 11.4 Å². The Kier molecular flexibility index (Phi) is 6.37. The molecule has 0 bridgehead atoms. The van der Waals surface area contributed by atoms with E-state index in [1.54, 1.807) is 22.7 Å². The molecule has 158 valence electrons. The van der Waals surface area contributed by atoms with Gasteiger partial charge in [0.1, 0.15) is 12.1 Å². The maximum absolute atomic E-state index is 12.7. The largest absolute Gasteiger partial charge is 0.497 e. The summed E-state index contributed by atoms with van der Waals surface area (Å²) >= 11 is 0. The fraction of sp³-hybridized carbons (Fsp3) is 0.391. The fourth-order valence-corrected chi connectivity index (χ4v) is 3.94. The van der Waals surface area contributed by atoms with Gasteiger partial charge in [0, 0.05) is 31.0 Å². The first kappa shape index (κ1) is 20.1. The van der Waals surface area contributed by atoms with Crippen LogP contribution in [0.25, 0.3) is 5.69 Å². The predicted octanol–water partition coefficient (Wildman–Crippen LogP) is 3.76. The summed E-state index contributed by atoms with van der Waals surface area (Å²) in [5.74, 6) is 1.44. The number of nitrogens with one attached hydrogen (secondary N) is 2. The smallest absolute Gasteiger partial charge is 0.350 e. The van der Waals surface area contributed by atoms with Crippen molar-refractivity contribution in [3.63, 3.8) is 0 Å². The van der Waals surface area contributed by atoms with Gasteiger partial charge in [-0.3, -0.25) is 0 Å². The second-order valence-electron chi connectivity index (χ2n) is 7.75. The van der Waals surface area contributed by atoms with Crippen molar-refractivity contribution in [1.29, 1.82) is 0 Å². The van der Waals surface area contributed by atoms with E-state index in [9.17, 15) is 4.79 Å². The Morgan fingerprint density at radius 3 is 2.17 bits per heavy atom. The molecule has 1 heterocycles. The standard InChI is InChI=1S/C23H29N5O2/c1-30-22-12-8-20(9-13-22)25-15-14-24-19-6-10-21(11-7-19)27-17-26-28(23(27)29)16-18-4-2-3-5-18/h6-13,17-18,24-25H,2-5,14-16H2,1H3. The number of hydrogen-bond acceptors (Lipinski definition) is 5. The van der Waals surface area contributed by atoms with E-state index in [4.69, 9.17) is 4.74 Å². The van der Waals surface area contributed by atoms with E-state index >= 15 is 0 Å². The lowest BCUT2D eigenvalue weighted by molar-refractivity contribution is 0.415. The van der Waals surface area contributed by atoms with Crippen molar-refractivity contribution in [2.24, 2.45) is 5.92 Å². The first-order valence-electron chi connectivity index (χ1n) is 10.6. The third kappa shape index (κ3) is 4.84. The summed E-state index contributed by atoms with van der Waals surface area (Å²) in [5.41, 5.74) is 2.84. The van der Waals surface area contributed by atoms with Gasteiger partial charge >= 0.3 is 5.69 Å². The van der Waals surface area contributed by atoms with Crippen LogP contribution in [0.15, 0.2) is 59.7 Å². The molecule has 0 atom stereocenters. The van der Waals surface area contributed by atoms with Gasteiger partial charge in [0.05, 0.1) is 12.8 Å². The van der Waals surface area contributed by atoms with Gasteiger partial charge in [-0.25, -0.2) is 14.0 Å². The van der Waals surface area contributed by atoms with Crippen molar-refractivity contribution in [2.75, 3.05) is 30.8 Å². The zero-order chi connectivity index (χ0) is 20.8. The van der Waals surface area contributed by atoms with Crippen LogP contribution in [0.2, 0.25) is 0 Å².